The number of imidazole rings is 1. The van der Waals surface area contributed by atoms with Crippen LogP contribution in [0.15, 0.2) is 22.9 Å². The third-order valence-corrected chi connectivity index (χ3v) is 2.88. The number of fused-ring (bicyclic) bond motifs is 1. The summed E-state index contributed by atoms with van der Waals surface area (Å²) in [6.45, 7) is 0. The van der Waals surface area contributed by atoms with Crippen LogP contribution in [0.25, 0.3) is 5.65 Å². The zero-order valence-electron chi connectivity index (χ0n) is 7.70. The minimum Gasteiger partial charge on any atom is -0.464 e. The molecule has 0 aliphatic heterocycles. The maximum atomic E-state index is 11.3. The van der Waals surface area contributed by atoms with Gasteiger partial charge in [0.15, 0.2) is 5.69 Å². The van der Waals surface area contributed by atoms with E-state index in [2.05, 4.69) is 25.7 Å². The highest BCUT2D eigenvalue weighted by Crippen LogP contribution is 2.21. The Kier molecular flexibility index (Phi) is 2.67. The van der Waals surface area contributed by atoms with Gasteiger partial charge in [0.1, 0.15) is 10.3 Å². The van der Waals surface area contributed by atoms with Gasteiger partial charge in [0.25, 0.3) is 0 Å². The minimum atomic E-state index is -0.485. The molecule has 0 spiro atoms. The van der Waals surface area contributed by atoms with Gasteiger partial charge in [-0.3, -0.25) is 4.40 Å². The summed E-state index contributed by atoms with van der Waals surface area (Å²) < 4.78 is 6.81. The first-order valence-corrected chi connectivity index (χ1v) is 5.22. The van der Waals surface area contributed by atoms with E-state index in [1.54, 1.807) is 22.7 Å². The van der Waals surface area contributed by atoms with Crippen molar-refractivity contribution in [2.24, 2.45) is 0 Å². The van der Waals surface area contributed by atoms with Crippen LogP contribution in [0.3, 0.4) is 0 Å². The Morgan fingerprint density at radius 3 is 3.00 bits per heavy atom. The first kappa shape index (κ1) is 10.4. The Bertz CT molecular complexity index is 538. The molecule has 0 fully saturated rings. The molecule has 0 aliphatic rings. The number of aromatic nitrogens is 2. The van der Waals surface area contributed by atoms with Gasteiger partial charge in [-0.2, -0.15) is 0 Å². The zero-order valence-corrected chi connectivity index (χ0v) is 10.0. The van der Waals surface area contributed by atoms with Crippen molar-refractivity contribution in [2.75, 3.05) is 7.11 Å². The molecular formula is C9H6BrClN2O2. The monoisotopic (exact) mass is 288 g/mol. The lowest BCUT2D eigenvalue weighted by atomic mass is 10.5. The molecule has 2 heterocycles. The van der Waals surface area contributed by atoms with Crippen molar-refractivity contribution >= 4 is 39.1 Å². The molecule has 0 atom stereocenters. The van der Waals surface area contributed by atoms with Crippen LogP contribution in [0.2, 0.25) is 5.02 Å². The number of ether oxygens (including phenoxy) is 1. The fourth-order valence-corrected chi connectivity index (χ4v) is 1.91. The van der Waals surface area contributed by atoms with E-state index in [-0.39, 0.29) is 5.69 Å². The molecule has 0 amide bonds. The van der Waals surface area contributed by atoms with Gasteiger partial charge in [-0.05, 0) is 28.1 Å². The molecule has 0 saturated carbocycles. The van der Waals surface area contributed by atoms with Crippen molar-refractivity contribution in [3.05, 3.63) is 33.6 Å². The smallest absolute Gasteiger partial charge is 0.359 e. The molecule has 0 N–H and O–H groups in total. The largest absolute Gasteiger partial charge is 0.464 e. The Balaban J connectivity index is 2.69. The summed E-state index contributed by atoms with van der Waals surface area (Å²) in [5, 5.41) is 0.567. The molecule has 2 rings (SSSR count). The standard InChI is InChI=1S/C9H6BrClN2O2/c1-15-9(14)7-8(10)13-4-5(11)2-3-6(13)12-7/h2-4H,1H3. The zero-order chi connectivity index (χ0) is 11.0. The van der Waals surface area contributed by atoms with Crippen LogP contribution < -0.4 is 0 Å². The van der Waals surface area contributed by atoms with Gasteiger partial charge in [0.05, 0.1) is 12.1 Å². The fourth-order valence-electron chi connectivity index (χ4n) is 1.22. The van der Waals surface area contributed by atoms with Crippen LogP contribution in [0, 0.1) is 0 Å². The molecule has 78 valence electrons. The Hall–Kier alpha value is -1.07. The first-order valence-electron chi connectivity index (χ1n) is 4.05. The average molecular weight is 290 g/mol. The summed E-state index contributed by atoms with van der Waals surface area (Å²) in [5.41, 5.74) is 0.867. The van der Waals surface area contributed by atoms with Gasteiger partial charge in [0.2, 0.25) is 0 Å². The number of carbonyl (C=O) groups excluding carboxylic acids is 1. The number of rotatable bonds is 1. The molecule has 6 heteroatoms. The Morgan fingerprint density at radius 2 is 2.33 bits per heavy atom. The number of halogens is 2. The van der Waals surface area contributed by atoms with E-state index >= 15 is 0 Å². The second-order valence-corrected chi connectivity index (χ2v) is 4.01. The van der Waals surface area contributed by atoms with Crippen molar-refractivity contribution in [3.8, 4) is 0 Å². The lowest BCUT2D eigenvalue weighted by Crippen LogP contribution is -2.02. The van der Waals surface area contributed by atoms with E-state index in [0.717, 1.165) is 0 Å². The first-order chi connectivity index (χ1) is 7.13. The number of methoxy groups -OCH3 is 1. The second kappa shape index (κ2) is 3.83. The van der Waals surface area contributed by atoms with Gasteiger partial charge in [-0.1, -0.05) is 11.6 Å². The quantitative estimate of drug-likeness (QED) is 0.758. The lowest BCUT2D eigenvalue weighted by Gasteiger charge is -1.95. The molecular weight excluding hydrogens is 283 g/mol. The molecule has 0 aromatic carbocycles. The van der Waals surface area contributed by atoms with Crippen molar-refractivity contribution < 1.29 is 9.53 Å². The summed E-state index contributed by atoms with van der Waals surface area (Å²) in [5.74, 6) is -0.485. The highest BCUT2D eigenvalue weighted by Gasteiger charge is 2.17. The molecule has 2 aromatic rings. The third-order valence-electron chi connectivity index (χ3n) is 1.90. The SMILES string of the molecule is COC(=O)c1nc2ccc(Cl)cn2c1Br. The topological polar surface area (TPSA) is 43.6 Å². The summed E-state index contributed by atoms with van der Waals surface area (Å²) in [7, 11) is 1.31. The van der Waals surface area contributed by atoms with E-state index < -0.39 is 5.97 Å². The molecule has 0 aliphatic carbocycles. The van der Waals surface area contributed by atoms with Crippen LogP contribution in [0.5, 0.6) is 0 Å². The van der Waals surface area contributed by atoms with E-state index in [9.17, 15) is 4.79 Å². The molecule has 4 nitrogen and oxygen atoms in total. The van der Waals surface area contributed by atoms with E-state index in [0.29, 0.717) is 15.3 Å². The number of esters is 1. The number of hydrogen-bond acceptors (Lipinski definition) is 3. The van der Waals surface area contributed by atoms with Crippen LogP contribution in [-0.4, -0.2) is 22.5 Å². The number of carbonyl (C=O) groups is 1. The molecule has 0 saturated heterocycles. The predicted octanol–water partition coefficient (Wildman–Crippen LogP) is 2.54. The molecule has 15 heavy (non-hydrogen) atoms. The number of pyridine rings is 1. The molecule has 0 radical (unpaired) electrons. The highest BCUT2D eigenvalue weighted by atomic mass is 79.9. The summed E-state index contributed by atoms with van der Waals surface area (Å²) >= 11 is 9.10. The Labute approximate surface area is 98.9 Å². The predicted molar refractivity (Wildman–Crippen MR) is 59.2 cm³/mol. The van der Waals surface area contributed by atoms with Crippen molar-refractivity contribution in [3.63, 3.8) is 0 Å². The molecule has 0 unspecified atom stereocenters. The third kappa shape index (κ3) is 1.72. The summed E-state index contributed by atoms with van der Waals surface area (Å²) in [6.07, 6.45) is 1.67. The van der Waals surface area contributed by atoms with Gasteiger partial charge in [0, 0.05) is 6.20 Å². The second-order valence-electron chi connectivity index (χ2n) is 2.82. The summed E-state index contributed by atoms with van der Waals surface area (Å²) in [6, 6.07) is 3.43. The van der Waals surface area contributed by atoms with Crippen LogP contribution >= 0.6 is 27.5 Å². The van der Waals surface area contributed by atoms with Gasteiger partial charge in [-0.15, -0.1) is 0 Å². The normalized spacial score (nSPS) is 10.6. The van der Waals surface area contributed by atoms with Crippen molar-refractivity contribution in [1.29, 1.82) is 0 Å². The molecule has 0 bridgehead atoms. The lowest BCUT2D eigenvalue weighted by molar-refractivity contribution is 0.0593. The van der Waals surface area contributed by atoms with E-state index in [1.165, 1.54) is 7.11 Å². The maximum Gasteiger partial charge on any atom is 0.359 e. The Morgan fingerprint density at radius 1 is 1.60 bits per heavy atom. The average Bonchev–Trinajstić information content (AvgIpc) is 2.55. The van der Waals surface area contributed by atoms with Crippen molar-refractivity contribution in [2.45, 2.75) is 0 Å². The molecule has 2 aromatic heterocycles. The van der Waals surface area contributed by atoms with Gasteiger partial charge < -0.3 is 4.74 Å². The fraction of sp³-hybridized carbons (Fsp3) is 0.111. The van der Waals surface area contributed by atoms with Crippen LogP contribution in [0.1, 0.15) is 10.5 Å². The maximum absolute atomic E-state index is 11.3. The van der Waals surface area contributed by atoms with Crippen LogP contribution in [0.4, 0.5) is 0 Å². The van der Waals surface area contributed by atoms with E-state index in [1.807, 2.05) is 0 Å². The van der Waals surface area contributed by atoms with Crippen LogP contribution in [-0.2, 0) is 4.74 Å². The van der Waals surface area contributed by atoms with Gasteiger partial charge in [-0.25, -0.2) is 9.78 Å². The highest BCUT2D eigenvalue weighted by molar-refractivity contribution is 9.10. The minimum absolute atomic E-state index is 0.236. The van der Waals surface area contributed by atoms with E-state index in [4.69, 9.17) is 11.6 Å². The summed E-state index contributed by atoms with van der Waals surface area (Å²) in [4.78, 5) is 15.4. The van der Waals surface area contributed by atoms with Crippen molar-refractivity contribution in [1.82, 2.24) is 9.38 Å². The van der Waals surface area contributed by atoms with Gasteiger partial charge >= 0.3 is 5.97 Å². The number of hydrogen-bond donors (Lipinski definition) is 0. The number of nitrogens with zero attached hydrogens (tertiary/aromatic N) is 2.